The number of piperidine rings is 1. The maximum atomic E-state index is 13.1. The number of aliphatic hydroxyl groups is 1. The van der Waals surface area contributed by atoms with Crippen molar-refractivity contribution in [3.63, 3.8) is 0 Å². The molecular weight excluding hydrogens is 422 g/mol. The topological polar surface area (TPSA) is 90.4 Å². The minimum absolute atomic E-state index is 0.0232. The Morgan fingerprint density at radius 2 is 1.91 bits per heavy atom. The molecule has 1 aromatic carbocycles. The quantitative estimate of drug-likeness (QED) is 0.682. The highest BCUT2D eigenvalue weighted by Gasteiger charge is 2.34. The summed E-state index contributed by atoms with van der Waals surface area (Å²) in [6, 6.07) is 7.57. The number of β-amino-alcohol motifs (C(OH)–C–C–N with tert-alkyl or cyclic N) is 1. The number of likely N-dealkylation sites (tertiary alicyclic amines) is 1. The van der Waals surface area contributed by atoms with Gasteiger partial charge in [0.25, 0.3) is 0 Å². The van der Waals surface area contributed by atoms with Crippen LogP contribution in [0.3, 0.4) is 0 Å². The number of carbonyl (C=O) groups is 3. The summed E-state index contributed by atoms with van der Waals surface area (Å²) >= 11 is 0. The second-order valence-electron chi connectivity index (χ2n) is 9.26. The molecule has 8 heteroatoms. The smallest absolute Gasteiger partial charge is 0.242 e. The van der Waals surface area contributed by atoms with Crippen LogP contribution in [0, 0.1) is 11.8 Å². The van der Waals surface area contributed by atoms with Crippen LogP contribution in [0.4, 0.5) is 0 Å². The molecular formula is C25H33N3O5. The average Bonchev–Trinajstić information content (AvgIpc) is 3.24. The number of benzene rings is 1. The lowest BCUT2D eigenvalue weighted by molar-refractivity contribution is -0.141. The third-order valence-electron chi connectivity index (χ3n) is 6.94. The predicted molar refractivity (Wildman–Crippen MR) is 122 cm³/mol. The molecule has 2 saturated heterocycles. The third-order valence-corrected chi connectivity index (χ3v) is 6.94. The van der Waals surface area contributed by atoms with Crippen LogP contribution in [0.25, 0.3) is 0 Å². The van der Waals surface area contributed by atoms with Crippen LogP contribution in [0.15, 0.2) is 36.4 Å². The summed E-state index contributed by atoms with van der Waals surface area (Å²) < 4.78 is 5.98. The molecule has 33 heavy (non-hydrogen) atoms. The fraction of sp³-hybridized carbons (Fsp3) is 0.560. The van der Waals surface area contributed by atoms with Crippen molar-refractivity contribution in [2.24, 2.45) is 11.8 Å². The Morgan fingerprint density at radius 3 is 2.67 bits per heavy atom. The highest BCUT2D eigenvalue weighted by atomic mass is 16.5. The van der Waals surface area contributed by atoms with Gasteiger partial charge in [0, 0.05) is 51.6 Å². The van der Waals surface area contributed by atoms with Crippen LogP contribution in [0.5, 0.6) is 5.75 Å². The lowest BCUT2D eigenvalue weighted by Gasteiger charge is -2.38. The highest BCUT2D eigenvalue weighted by molar-refractivity contribution is 5.84. The maximum Gasteiger partial charge on any atom is 0.242 e. The molecule has 178 valence electrons. The second kappa shape index (κ2) is 10.4. The molecule has 0 radical (unpaired) electrons. The van der Waals surface area contributed by atoms with E-state index in [2.05, 4.69) is 6.08 Å². The highest BCUT2D eigenvalue weighted by Crippen LogP contribution is 2.30. The summed E-state index contributed by atoms with van der Waals surface area (Å²) in [5.74, 6) is 0.689. The van der Waals surface area contributed by atoms with Crippen LogP contribution < -0.4 is 4.74 Å². The summed E-state index contributed by atoms with van der Waals surface area (Å²) in [5.41, 5.74) is 0.863. The fourth-order valence-corrected chi connectivity index (χ4v) is 4.94. The molecule has 1 N–H and O–H groups in total. The minimum Gasteiger partial charge on any atom is -0.489 e. The molecule has 4 rings (SSSR count). The van der Waals surface area contributed by atoms with Crippen LogP contribution in [-0.2, 0) is 20.9 Å². The van der Waals surface area contributed by atoms with Gasteiger partial charge < -0.3 is 24.5 Å². The number of para-hydroxylation sites is 1. The Morgan fingerprint density at radius 1 is 1.09 bits per heavy atom. The van der Waals surface area contributed by atoms with Gasteiger partial charge in [-0.05, 0) is 30.7 Å². The first kappa shape index (κ1) is 23.3. The van der Waals surface area contributed by atoms with E-state index in [-0.39, 0.29) is 36.1 Å². The Kier molecular flexibility index (Phi) is 7.33. The van der Waals surface area contributed by atoms with Crippen molar-refractivity contribution in [2.45, 2.75) is 38.8 Å². The third kappa shape index (κ3) is 5.74. The predicted octanol–water partition coefficient (Wildman–Crippen LogP) is 1.43. The van der Waals surface area contributed by atoms with Crippen LogP contribution in [-0.4, -0.2) is 83.0 Å². The lowest BCUT2D eigenvalue weighted by Crippen LogP contribution is -2.48. The lowest BCUT2D eigenvalue weighted by atomic mass is 9.82. The average molecular weight is 456 g/mol. The van der Waals surface area contributed by atoms with Gasteiger partial charge >= 0.3 is 0 Å². The van der Waals surface area contributed by atoms with Gasteiger partial charge in [-0.3, -0.25) is 14.4 Å². The summed E-state index contributed by atoms with van der Waals surface area (Å²) in [6.07, 6.45) is 5.37. The fourth-order valence-electron chi connectivity index (χ4n) is 4.94. The SMILES string of the molecule is CC(=O)N1CC(=O)N2CC[C@@H](CC(=O)N3CC[C@@H](O)C3)[C@@H](C=CCOc3ccccc3C1)C2. The summed E-state index contributed by atoms with van der Waals surface area (Å²) in [6.45, 7) is 4.30. The first-order valence-corrected chi connectivity index (χ1v) is 11.8. The maximum absolute atomic E-state index is 13.1. The van der Waals surface area contributed by atoms with E-state index in [1.54, 1.807) is 9.80 Å². The van der Waals surface area contributed by atoms with E-state index in [1.807, 2.05) is 35.2 Å². The number of fused-ring (bicyclic) bond motifs is 3. The second-order valence-corrected chi connectivity index (χ2v) is 9.26. The number of amides is 3. The van der Waals surface area contributed by atoms with E-state index >= 15 is 0 Å². The van der Waals surface area contributed by atoms with Crippen LogP contribution >= 0.6 is 0 Å². The van der Waals surface area contributed by atoms with Crippen molar-refractivity contribution in [2.75, 3.05) is 39.3 Å². The Labute approximate surface area is 194 Å². The van der Waals surface area contributed by atoms with Gasteiger partial charge in [0.15, 0.2) is 0 Å². The molecule has 0 aromatic heterocycles. The van der Waals surface area contributed by atoms with Crippen molar-refractivity contribution >= 4 is 17.7 Å². The zero-order chi connectivity index (χ0) is 23.4. The number of aliphatic hydroxyl groups excluding tert-OH is 1. The van der Waals surface area contributed by atoms with Gasteiger partial charge in [-0.1, -0.05) is 30.4 Å². The van der Waals surface area contributed by atoms with Crippen LogP contribution in [0.2, 0.25) is 0 Å². The molecule has 3 aliphatic heterocycles. The number of carbonyl (C=O) groups excluding carboxylic acids is 3. The van der Waals surface area contributed by atoms with Gasteiger partial charge in [-0.15, -0.1) is 0 Å². The molecule has 3 heterocycles. The van der Waals surface area contributed by atoms with Crippen molar-refractivity contribution in [3.8, 4) is 5.75 Å². The molecule has 3 amide bonds. The summed E-state index contributed by atoms with van der Waals surface area (Å²) in [5, 5.41) is 9.76. The van der Waals surface area contributed by atoms with Gasteiger partial charge in [0.1, 0.15) is 18.9 Å². The van der Waals surface area contributed by atoms with E-state index in [0.29, 0.717) is 57.9 Å². The van der Waals surface area contributed by atoms with Crippen LogP contribution in [0.1, 0.15) is 31.7 Å². The largest absolute Gasteiger partial charge is 0.489 e. The standard InChI is InChI=1S/C25H33N3O5/c1-18(29)28-15-21-5-2-3-7-23(21)33-12-4-6-20-14-26(25(32)17-28)10-8-19(20)13-24(31)27-11-9-22(30)16-27/h2-7,19-20,22,30H,8-17H2,1H3/t19-,20-,22+/m0/s1. The molecule has 0 saturated carbocycles. The molecule has 1 aromatic rings. The Hall–Kier alpha value is -2.87. The van der Waals surface area contributed by atoms with E-state index in [0.717, 1.165) is 12.0 Å². The van der Waals surface area contributed by atoms with E-state index < -0.39 is 6.10 Å². The number of ether oxygens (including phenoxy) is 1. The Balaban J connectivity index is 1.52. The van der Waals surface area contributed by atoms with Crippen molar-refractivity contribution in [3.05, 3.63) is 42.0 Å². The van der Waals surface area contributed by atoms with Crippen molar-refractivity contribution in [1.82, 2.24) is 14.7 Å². The minimum atomic E-state index is -0.428. The molecule has 0 unspecified atom stereocenters. The molecule has 0 spiro atoms. The molecule has 2 bridgehead atoms. The first-order chi connectivity index (χ1) is 15.9. The monoisotopic (exact) mass is 455 g/mol. The van der Waals surface area contributed by atoms with Gasteiger partial charge in [0.2, 0.25) is 17.7 Å². The number of nitrogens with zero attached hydrogens (tertiary/aromatic N) is 3. The van der Waals surface area contributed by atoms with Gasteiger partial charge in [0.05, 0.1) is 6.10 Å². The molecule has 8 nitrogen and oxygen atoms in total. The zero-order valence-electron chi connectivity index (χ0n) is 19.2. The number of hydrogen-bond donors (Lipinski definition) is 1. The van der Waals surface area contributed by atoms with E-state index in [1.165, 1.54) is 6.92 Å². The normalized spacial score (nSPS) is 26.1. The van der Waals surface area contributed by atoms with Gasteiger partial charge in [-0.25, -0.2) is 0 Å². The van der Waals surface area contributed by atoms with Crippen molar-refractivity contribution in [1.29, 1.82) is 0 Å². The first-order valence-electron chi connectivity index (χ1n) is 11.8. The Bertz CT molecular complexity index is 917. The molecule has 3 atom stereocenters. The number of rotatable bonds is 2. The zero-order valence-corrected chi connectivity index (χ0v) is 19.2. The summed E-state index contributed by atoms with van der Waals surface area (Å²) in [4.78, 5) is 43.3. The number of hydrogen-bond acceptors (Lipinski definition) is 5. The van der Waals surface area contributed by atoms with Crippen molar-refractivity contribution < 1.29 is 24.2 Å². The van der Waals surface area contributed by atoms with E-state index in [9.17, 15) is 19.5 Å². The van der Waals surface area contributed by atoms with E-state index in [4.69, 9.17) is 4.74 Å². The summed E-state index contributed by atoms with van der Waals surface area (Å²) in [7, 11) is 0. The van der Waals surface area contributed by atoms with Gasteiger partial charge in [-0.2, -0.15) is 0 Å². The molecule has 2 fully saturated rings. The molecule has 3 aliphatic rings. The molecule has 0 aliphatic carbocycles.